The quantitative estimate of drug-likeness (QED) is 0.0516. The molecule has 0 aliphatic rings. The number of rotatable bonds is 28. The van der Waals surface area contributed by atoms with Crippen LogP contribution in [-0.2, 0) is 32.9 Å². The number of carbonyl (C=O) groups is 3. The van der Waals surface area contributed by atoms with Gasteiger partial charge >= 0.3 is 19.8 Å². The van der Waals surface area contributed by atoms with Crippen molar-refractivity contribution in [1.29, 1.82) is 0 Å². The van der Waals surface area contributed by atoms with E-state index in [2.05, 4.69) is 11.4 Å². The Morgan fingerprint density at radius 3 is 1.60 bits per heavy atom. The predicted octanol–water partition coefficient (Wildman–Crippen LogP) is 7.65. The Bertz CT molecular complexity index is 699. The average Bonchev–Trinajstić information content (AvgIpc) is 2.89. The maximum atomic E-state index is 12.2. The van der Waals surface area contributed by atoms with E-state index in [1.54, 1.807) is 6.92 Å². The van der Waals surface area contributed by atoms with E-state index in [4.69, 9.17) is 19.3 Å². The molecule has 2 N–H and O–H groups in total. The van der Waals surface area contributed by atoms with Crippen LogP contribution in [0.1, 0.15) is 142 Å². The van der Waals surface area contributed by atoms with Gasteiger partial charge in [0.15, 0.2) is 11.2 Å². The van der Waals surface area contributed by atoms with Gasteiger partial charge in [-0.3, -0.25) is 18.9 Å². The van der Waals surface area contributed by atoms with Gasteiger partial charge in [0.1, 0.15) is 6.61 Å². The Morgan fingerprint density at radius 1 is 0.675 bits per heavy atom. The molecule has 0 unspecified atom stereocenters. The average molecular weight is 611 g/mol. The summed E-state index contributed by atoms with van der Waals surface area (Å²) in [4.78, 5) is 53.1. The fourth-order valence-electron chi connectivity index (χ4n) is 4.20. The first-order chi connectivity index (χ1) is 19.1. The van der Waals surface area contributed by atoms with Gasteiger partial charge < -0.3 is 19.3 Å². The topological polar surface area (TPSA) is 136 Å². The van der Waals surface area contributed by atoms with Crippen molar-refractivity contribution in [2.75, 3.05) is 19.0 Å². The molecule has 40 heavy (non-hydrogen) atoms. The van der Waals surface area contributed by atoms with Gasteiger partial charge in [0.25, 0.3) is 0 Å². The summed E-state index contributed by atoms with van der Waals surface area (Å²) in [6, 6.07) is 0. The molecular formula is C29H55O9PS. The zero-order valence-electron chi connectivity index (χ0n) is 24.9. The third kappa shape index (κ3) is 30.0. The molecule has 0 fully saturated rings. The molecule has 9 nitrogen and oxygen atoms in total. The molecule has 0 heterocycles. The Hall–Kier alpha value is -0.930. The van der Waals surface area contributed by atoms with Crippen molar-refractivity contribution in [3.8, 4) is 0 Å². The van der Waals surface area contributed by atoms with E-state index < -0.39 is 32.5 Å². The third-order valence-electron chi connectivity index (χ3n) is 6.47. The van der Waals surface area contributed by atoms with Crippen molar-refractivity contribution in [2.45, 2.75) is 148 Å². The normalized spacial score (nSPS) is 12.3. The molecular weight excluding hydrogens is 555 g/mol. The first-order valence-electron chi connectivity index (χ1n) is 15.3. The van der Waals surface area contributed by atoms with Crippen LogP contribution in [0.2, 0.25) is 0 Å². The van der Waals surface area contributed by atoms with Crippen molar-refractivity contribution < 1.29 is 42.7 Å². The van der Waals surface area contributed by atoms with Gasteiger partial charge in [0, 0.05) is 25.5 Å². The standard InChI is InChI=1S/C29H55O9PS/c1-3-4-5-6-7-12-16-19-22-29(32)38-27(25-37-39(33,34)35)24-36-28(31)21-18-15-13-10-8-9-11-14-17-20-23-40-26(2)30/h27H,3-25H2,1-2H3,(H2,33,34,35)/t27-/m0/s1. The van der Waals surface area contributed by atoms with Gasteiger partial charge in [-0.1, -0.05) is 115 Å². The van der Waals surface area contributed by atoms with Gasteiger partial charge in [-0.05, 0) is 19.3 Å². The number of esters is 2. The second-order valence-corrected chi connectivity index (χ2v) is 12.9. The lowest BCUT2D eigenvalue weighted by Crippen LogP contribution is -2.29. The minimum absolute atomic E-state index is 0.190. The molecule has 0 aromatic heterocycles. The van der Waals surface area contributed by atoms with Crippen LogP contribution in [0.15, 0.2) is 0 Å². The number of thioether (sulfide) groups is 1. The highest BCUT2D eigenvalue weighted by atomic mass is 32.2. The van der Waals surface area contributed by atoms with E-state index in [0.29, 0.717) is 12.8 Å². The molecule has 0 saturated carbocycles. The van der Waals surface area contributed by atoms with Crippen LogP contribution in [0.25, 0.3) is 0 Å². The molecule has 0 saturated heterocycles. The van der Waals surface area contributed by atoms with E-state index in [1.807, 2.05) is 0 Å². The van der Waals surface area contributed by atoms with Crippen LogP contribution in [0.4, 0.5) is 0 Å². The molecule has 0 aromatic rings. The number of phosphoric acid groups is 1. The van der Waals surface area contributed by atoms with E-state index in [1.165, 1.54) is 69.5 Å². The number of hydrogen-bond donors (Lipinski definition) is 2. The lowest BCUT2D eigenvalue weighted by Gasteiger charge is -2.18. The van der Waals surface area contributed by atoms with E-state index in [0.717, 1.165) is 50.7 Å². The Kier molecular flexibility index (Phi) is 26.3. The first kappa shape index (κ1) is 39.1. The molecule has 0 spiro atoms. The largest absolute Gasteiger partial charge is 0.469 e. The highest BCUT2D eigenvalue weighted by Crippen LogP contribution is 2.35. The van der Waals surface area contributed by atoms with E-state index in [9.17, 15) is 18.9 Å². The molecule has 0 aliphatic heterocycles. The van der Waals surface area contributed by atoms with Crippen LogP contribution in [0.5, 0.6) is 0 Å². The summed E-state index contributed by atoms with van der Waals surface area (Å²) in [5, 5.41) is 0.190. The van der Waals surface area contributed by atoms with E-state index >= 15 is 0 Å². The molecule has 0 amide bonds. The smallest absolute Gasteiger partial charge is 0.462 e. The summed E-state index contributed by atoms with van der Waals surface area (Å²) in [5.41, 5.74) is 0. The molecule has 0 aromatic carbocycles. The van der Waals surface area contributed by atoms with E-state index in [-0.39, 0.29) is 24.6 Å². The van der Waals surface area contributed by atoms with Crippen LogP contribution >= 0.6 is 19.6 Å². The minimum Gasteiger partial charge on any atom is -0.462 e. The number of ether oxygens (including phenoxy) is 2. The highest BCUT2D eigenvalue weighted by molar-refractivity contribution is 8.13. The number of phosphoric ester groups is 1. The van der Waals surface area contributed by atoms with Gasteiger partial charge in [0.05, 0.1) is 6.61 Å². The summed E-state index contributed by atoms with van der Waals surface area (Å²) in [5.74, 6) is 0.000894. The van der Waals surface area contributed by atoms with Crippen molar-refractivity contribution >= 4 is 36.6 Å². The molecule has 1 atom stereocenters. The summed E-state index contributed by atoms with van der Waals surface area (Å²) >= 11 is 1.40. The van der Waals surface area contributed by atoms with Crippen molar-refractivity contribution in [2.24, 2.45) is 0 Å². The predicted molar refractivity (Wildman–Crippen MR) is 160 cm³/mol. The maximum Gasteiger partial charge on any atom is 0.469 e. The molecule has 236 valence electrons. The van der Waals surface area contributed by atoms with Crippen LogP contribution < -0.4 is 0 Å². The summed E-state index contributed by atoms with van der Waals surface area (Å²) in [6.45, 7) is 2.95. The van der Waals surface area contributed by atoms with Gasteiger partial charge in [-0.2, -0.15) is 0 Å². The minimum atomic E-state index is -4.74. The molecule has 0 radical (unpaired) electrons. The number of hydrogen-bond acceptors (Lipinski definition) is 8. The first-order valence-corrected chi connectivity index (χ1v) is 17.8. The Morgan fingerprint density at radius 2 is 1.12 bits per heavy atom. The van der Waals surface area contributed by atoms with Crippen LogP contribution in [-0.4, -0.2) is 51.9 Å². The maximum absolute atomic E-state index is 12.2. The SMILES string of the molecule is CCCCCCCCCCC(=O)O[C@@H](COC(=O)CCCCCCCCCCCCSC(C)=O)COP(=O)(O)O. The van der Waals surface area contributed by atoms with Gasteiger partial charge in [-0.15, -0.1) is 0 Å². The zero-order chi connectivity index (χ0) is 29.9. The van der Waals surface area contributed by atoms with Gasteiger partial charge in [0.2, 0.25) is 0 Å². The Labute approximate surface area is 246 Å². The second kappa shape index (κ2) is 26.9. The second-order valence-electron chi connectivity index (χ2n) is 10.4. The summed E-state index contributed by atoms with van der Waals surface area (Å²) in [6.07, 6.45) is 19.0. The lowest BCUT2D eigenvalue weighted by atomic mass is 10.1. The summed E-state index contributed by atoms with van der Waals surface area (Å²) in [7, 11) is -4.74. The molecule has 11 heteroatoms. The fourth-order valence-corrected chi connectivity index (χ4v) is 5.20. The zero-order valence-corrected chi connectivity index (χ0v) is 26.7. The summed E-state index contributed by atoms with van der Waals surface area (Å²) < 4.78 is 26.0. The monoisotopic (exact) mass is 610 g/mol. The van der Waals surface area contributed by atoms with Crippen molar-refractivity contribution in [3.05, 3.63) is 0 Å². The lowest BCUT2D eigenvalue weighted by molar-refractivity contribution is -0.161. The Balaban J connectivity index is 3.97. The van der Waals surface area contributed by atoms with Crippen LogP contribution in [0, 0.1) is 0 Å². The molecule has 0 bridgehead atoms. The number of unbranched alkanes of at least 4 members (excludes halogenated alkanes) is 16. The van der Waals surface area contributed by atoms with Crippen molar-refractivity contribution in [1.82, 2.24) is 0 Å². The molecule has 0 rings (SSSR count). The fraction of sp³-hybridized carbons (Fsp3) is 0.897. The third-order valence-corrected chi connectivity index (χ3v) is 7.86. The molecule has 0 aliphatic carbocycles. The number of carbonyl (C=O) groups excluding carboxylic acids is 3. The van der Waals surface area contributed by atoms with Crippen molar-refractivity contribution in [3.63, 3.8) is 0 Å². The van der Waals surface area contributed by atoms with Gasteiger partial charge in [-0.25, -0.2) is 4.57 Å². The van der Waals surface area contributed by atoms with Crippen LogP contribution in [0.3, 0.4) is 0 Å². The highest BCUT2D eigenvalue weighted by Gasteiger charge is 2.22.